The number of fused-ring (bicyclic) bond motifs is 4. The van der Waals surface area contributed by atoms with Crippen LogP contribution in [0.4, 0.5) is 0 Å². The van der Waals surface area contributed by atoms with Crippen molar-refractivity contribution in [3.8, 4) is 5.75 Å². The topological polar surface area (TPSA) is 63.7 Å². The van der Waals surface area contributed by atoms with Gasteiger partial charge in [-0.05, 0) is 61.1 Å². The van der Waals surface area contributed by atoms with Crippen molar-refractivity contribution < 1.29 is 17.9 Å². The number of sulfonamides is 1. The molecule has 0 N–H and O–H groups in total. The van der Waals surface area contributed by atoms with Gasteiger partial charge in [-0.3, -0.25) is 4.79 Å². The lowest BCUT2D eigenvalue weighted by Crippen LogP contribution is -2.55. The minimum Gasteiger partial charge on any atom is -0.497 e. The Morgan fingerprint density at radius 1 is 1.11 bits per heavy atom. The van der Waals surface area contributed by atoms with Gasteiger partial charge in [-0.15, -0.1) is 0 Å². The molecule has 1 amide bonds. The summed E-state index contributed by atoms with van der Waals surface area (Å²) in [4.78, 5) is 13.3. The molecule has 1 heterocycles. The van der Waals surface area contributed by atoms with Gasteiger partial charge >= 0.3 is 0 Å². The van der Waals surface area contributed by atoms with E-state index in [-0.39, 0.29) is 22.8 Å². The number of amides is 1. The van der Waals surface area contributed by atoms with E-state index in [2.05, 4.69) is 0 Å². The van der Waals surface area contributed by atoms with Crippen LogP contribution in [0.3, 0.4) is 0 Å². The molecule has 1 aliphatic carbocycles. The van der Waals surface area contributed by atoms with E-state index in [0.29, 0.717) is 12.8 Å². The highest BCUT2D eigenvalue weighted by Gasteiger charge is 2.48. The molecule has 0 spiro atoms. The number of carbonyl (C=O) groups excluding carboxylic acids is 1. The van der Waals surface area contributed by atoms with Gasteiger partial charge in [0.1, 0.15) is 5.75 Å². The van der Waals surface area contributed by atoms with Gasteiger partial charge in [0.15, 0.2) is 0 Å². The molecule has 2 aliphatic rings. The molecule has 0 aromatic heterocycles. The molecule has 2 aromatic rings. The Balaban J connectivity index is 1.77. The van der Waals surface area contributed by atoms with Crippen molar-refractivity contribution >= 4 is 15.9 Å². The number of hydrogen-bond acceptors (Lipinski definition) is 4. The largest absolute Gasteiger partial charge is 0.497 e. The smallest absolute Gasteiger partial charge is 0.266 e. The van der Waals surface area contributed by atoms with Gasteiger partial charge in [0.05, 0.1) is 18.0 Å². The van der Waals surface area contributed by atoms with E-state index in [1.54, 1.807) is 31.4 Å². The van der Waals surface area contributed by atoms with Crippen LogP contribution >= 0.6 is 0 Å². The van der Waals surface area contributed by atoms with Gasteiger partial charge in [-0.25, -0.2) is 12.7 Å². The third kappa shape index (κ3) is 2.83. The lowest BCUT2D eigenvalue weighted by atomic mass is 9.71. The normalized spacial score (nSPS) is 24.5. The Kier molecular flexibility index (Phi) is 4.26. The van der Waals surface area contributed by atoms with E-state index in [1.165, 1.54) is 0 Å². The van der Waals surface area contributed by atoms with Crippen molar-refractivity contribution in [3.63, 3.8) is 0 Å². The molecule has 1 aliphatic heterocycles. The Labute approximate surface area is 160 Å². The number of carbonyl (C=O) groups is 1. The van der Waals surface area contributed by atoms with E-state index >= 15 is 0 Å². The van der Waals surface area contributed by atoms with E-state index in [1.807, 2.05) is 32.0 Å². The lowest BCUT2D eigenvalue weighted by Gasteiger charge is -2.45. The van der Waals surface area contributed by atoms with Crippen LogP contribution in [0.15, 0.2) is 47.4 Å². The zero-order valence-electron chi connectivity index (χ0n) is 15.7. The van der Waals surface area contributed by atoms with Crippen molar-refractivity contribution in [2.24, 2.45) is 5.92 Å². The maximum absolute atomic E-state index is 13.3. The van der Waals surface area contributed by atoms with Crippen molar-refractivity contribution in [2.75, 3.05) is 7.11 Å². The molecular weight excluding hydrogens is 362 g/mol. The molecule has 0 saturated carbocycles. The molecule has 0 radical (unpaired) electrons. The predicted molar refractivity (Wildman–Crippen MR) is 102 cm³/mol. The zero-order valence-corrected chi connectivity index (χ0v) is 16.5. The molecular formula is C21H23NO4S. The van der Waals surface area contributed by atoms with Crippen molar-refractivity contribution in [2.45, 2.75) is 43.5 Å². The standard InChI is InChI=1S/C21H23NO4S/c1-13-4-8-18(9-5-13)27(24,25)22-16-10-15-6-7-17(26-3)12-20(15)19(11-16)14(2)21(22)23/h4-9,12,14,16,19H,10-11H2,1-3H3/t14-,16+,19-/m0/s1. The first kappa shape index (κ1) is 18.0. The summed E-state index contributed by atoms with van der Waals surface area (Å²) in [7, 11) is -2.24. The molecule has 3 atom stereocenters. The first-order valence-corrected chi connectivity index (χ1v) is 10.6. The van der Waals surface area contributed by atoms with Crippen LogP contribution in [0.2, 0.25) is 0 Å². The van der Waals surface area contributed by atoms with Crippen LogP contribution < -0.4 is 4.74 Å². The maximum Gasteiger partial charge on any atom is 0.266 e. The molecule has 2 aromatic carbocycles. The molecule has 142 valence electrons. The summed E-state index contributed by atoms with van der Waals surface area (Å²) in [6.45, 7) is 3.73. The molecule has 5 nitrogen and oxygen atoms in total. The highest BCUT2D eigenvalue weighted by Crippen LogP contribution is 2.46. The van der Waals surface area contributed by atoms with Crippen LogP contribution in [0.25, 0.3) is 0 Å². The van der Waals surface area contributed by atoms with Gasteiger partial charge in [-0.1, -0.05) is 30.7 Å². The summed E-state index contributed by atoms with van der Waals surface area (Å²) >= 11 is 0. The fourth-order valence-corrected chi connectivity index (χ4v) is 6.00. The molecule has 1 fully saturated rings. The number of benzene rings is 2. The Morgan fingerprint density at radius 2 is 1.81 bits per heavy atom. The Bertz CT molecular complexity index is 997. The average molecular weight is 385 g/mol. The van der Waals surface area contributed by atoms with E-state index in [9.17, 15) is 13.2 Å². The number of aryl methyl sites for hydroxylation is 1. The summed E-state index contributed by atoms with van der Waals surface area (Å²) in [6, 6.07) is 12.2. The number of nitrogens with zero attached hydrogens (tertiary/aromatic N) is 1. The van der Waals surface area contributed by atoms with Crippen LogP contribution in [-0.4, -0.2) is 31.8 Å². The number of hydrogen-bond donors (Lipinski definition) is 0. The lowest BCUT2D eigenvalue weighted by molar-refractivity contribution is -0.136. The number of piperidine rings is 1. The summed E-state index contributed by atoms with van der Waals surface area (Å²) < 4.78 is 33.0. The van der Waals surface area contributed by atoms with Crippen molar-refractivity contribution in [3.05, 3.63) is 59.2 Å². The van der Waals surface area contributed by atoms with Gasteiger partial charge in [0.2, 0.25) is 5.91 Å². The predicted octanol–water partition coefficient (Wildman–Crippen LogP) is 3.27. The highest BCUT2D eigenvalue weighted by atomic mass is 32.2. The van der Waals surface area contributed by atoms with Crippen molar-refractivity contribution in [1.82, 2.24) is 4.31 Å². The van der Waals surface area contributed by atoms with E-state index in [0.717, 1.165) is 26.7 Å². The number of methoxy groups -OCH3 is 1. The fraction of sp³-hybridized carbons (Fsp3) is 0.381. The molecule has 6 heteroatoms. The van der Waals surface area contributed by atoms with E-state index < -0.39 is 15.9 Å². The second kappa shape index (κ2) is 6.37. The van der Waals surface area contributed by atoms with Gasteiger partial charge in [-0.2, -0.15) is 0 Å². The first-order chi connectivity index (χ1) is 12.8. The molecule has 4 rings (SSSR count). The van der Waals surface area contributed by atoms with Crippen molar-refractivity contribution in [1.29, 1.82) is 0 Å². The summed E-state index contributed by atoms with van der Waals surface area (Å²) in [6.07, 6.45) is 1.19. The van der Waals surface area contributed by atoms with Gasteiger partial charge in [0, 0.05) is 5.92 Å². The molecule has 1 saturated heterocycles. The molecule has 2 bridgehead atoms. The molecule has 0 unspecified atom stereocenters. The van der Waals surface area contributed by atoms with Crippen LogP contribution in [-0.2, 0) is 21.2 Å². The summed E-state index contributed by atoms with van der Waals surface area (Å²) in [5, 5.41) is 0. The van der Waals surface area contributed by atoms with Crippen LogP contribution in [0.1, 0.15) is 36.0 Å². The van der Waals surface area contributed by atoms with Gasteiger partial charge in [0.25, 0.3) is 10.0 Å². The summed E-state index contributed by atoms with van der Waals surface area (Å²) in [5.41, 5.74) is 3.19. The van der Waals surface area contributed by atoms with E-state index in [4.69, 9.17) is 4.74 Å². The minimum absolute atomic E-state index is 0.0193. The Morgan fingerprint density at radius 3 is 2.48 bits per heavy atom. The van der Waals surface area contributed by atoms with Crippen LogP contribution in [0.5, 0.6) is 5.75 Å². The highest BCUT2D eigenvalue weighted by molar-refractivity contribution is 7.89. The monoisotopic (exact) mass is 385 g/mol. The number of rotatable bonds is 3. The number of ether oxygens (including phenoxy) is 1. The first-order valence-electron chi connectivity index (χ1n) is 9.14. The average Bonchev–Trinajstić information content (AvgIpc) is 2.65. The quantitative estimate of drug-likeness (QED) is 0.813. The molecule has 27 heavy (non-hydrogen) atoms. The fourth-order valence-electron chi connectivity index (χ4n) is 4.33. The minimum atomic E-state index is -3.87. The summed E-state index contributed by atoms with van der Waals surface area (Å²) in [5.74, 6) is 0.0743. The third-order valence-corrected chi connectivity index (χ3v) is 7.72. The Hall–Kier alpha value is -2.34. The second-order valence-electron chi connectivity index (χ2n) is 7.51. The van der Waals surface area contributed by atoms with Gasteiger partial charge < -0.3 is 4.74 Å². The zero-order chi connectivity index (χ0) is 19.3. The second-order valence-corrected chi connectivity index (χ2v) is 9.32. The maximum atomic E-state index is 13.3. The SMILES string of the molecule is COc1ccc2c(c1)[C@H]1C[C@@H](C2)N(S(=O)(=O)c2ccc(C)cc2)C(=O)[C@H]1C. The van der Waals surface area contributed by atoms with Crippen LogP contribution in [0, 0.1) is 12.8 Å². The third-order valence-electron chi connectivity index (χ3n) is 5.85.